The van der Waals surface area contributed by atoms with E-state index in [4.69, 9.17) is 9.84 Å². The van der Waals surface area contributed by atoms with Crippen molar-refractivity contribution < 1.29 is 19.4 Å². The van der Waals surface area contributed by atoms with Crippen LogP contribution in [0.5, 0.6) is 0 Å². The number of carboxylic acid groups (broad SMARTS) is 1. The van der Waals surface area contributed by atoms with Crippen LogP contribution in [0.2, 0.25) is 0 Å². The van der Waals surface area contributed by atoms with Crippen LogP contribution >= 0.6 is 0 Å². The van der Waals surface area contributed by atoms with E-state index in [0.29, 0.717) is 19.8 Å². The van der Waals surface area contributed by atoms with E-state index in [1.807, 2.05) is 30.3 Å². The minimum Gasteiger partial charge on any atom is -0.481 e. The van der Waals surface area contributed by atoms with Crippen LogP contribution in [0.3, 0.4) is 0 Å². The summed E-state index contributed by atoms with van der Waals surface area (Å²) in [5.74, 6) is -0.882. The van der Waals surface area contributed by atoms with E-state index in [0.717, 1.165) is 18.4 Å². The van der Waals surface area contributed by atoms with Crippen LogP contribution in [-0.4, -0.2) is 41.6 Å². The van der Waals surface area contributed by atoms with Crippen molar-refractivity contribution in [1.29, 1.82) is 0 Å². The molecule has 1 fully saturated rings. The largest absolute Gasteiger partial charge is 0.481 e. The number of carbonyl (C=O) groups is 2. The Balaban J connectivity index is 2.03. The quantitative estimate of drug-likeness (QED) is 0.869. The molecule has 0 spiro atoms. The highest BCUT2D eigenvalue weighted by molar-refractivity contribution is 5.79. The number of carboxylic acids is 1. The molecule has 0 bridgehead atoms. The van der Waals surface area contributed by atoms with Crippen molar-refractivity contribution in [3.05, 3.63) is 35.9 Å². The Hall–Kier alpha value is -1.88. The van der Waals surface area contributed by atoms with Crippen LogP contribution in [0, 0.1) is 5.92 Å². The van der Waals surface area contributed by atoms with E-state index in [2.05, 4.69) is 0 Å². The lowest BCUT2D eigenvalue weighted by atomic mass is 9.98. The lowest BCUT2D eigenvalue weighted by Gasteiger charge is -2.29. The lowest BCUT2D eigenvalue weighted by Crippen LogP contribution is -2.39. The summed E-state index contributed by atoms with van der Waals surface area (Å²) in [6, 6.07) is 9.66. The van der Waals surface area contributed by atoms with Gasteiger partial charge in [0.2, 0.25) is 5.91 Å². The molecular formula is C16H21NO4. The predicted molar refractivity (Wildman–Crippen MR) is 77.7 cm³/mol. The summed E-state index contributed by atoms with van der Waals surface area (Å²) in [6.07, 6.45) is 1.41. The SMILES string of the molecule is O=C(O)CCN(Cc1ccccc1)C(=O)C1CCOCC1. The van der Waals surface area contributed by atoms with Crippen molar-refractivity contribution in [2.45, 2.75) is 25.8 Å². The highest BCUT2D eigenvalue weighted by Crippen LogP contribution is 2.19. The fourth-order valence-corrected chi connectivity index (χ4v) is 2.50. The maximum absolute atomic E-state index is 12.6. The molecule has 1 aromatic carbocycles. The molecule has 1 aromatic rings. The molecule has 0 aromatic heterocycles. The van der Waals surface area contributed by atoms with Crippen LogP contribution in [0.4, 0.5) is 0 Å². The van der Waals surface area contributed by atoms with E-state index < -0.39 is 5.97 Å². The van der Waals surface area contributed by atoms with Crippen molar-refractivity contribution in [3.63, 3.8) is 0 Å². The fraction of sp³-hybridized carbons (Fsp3) is 0.500. The topological polar surface area (TPSA) is 66.8 Å². The van der Waals surface area contributed by atoms with Gasteiger partial charge >= 0.3 is 5.97 Å². The van der Waals surface area contributed by atoms with E-state index in [1.54, 1.807) is 4.90 Å². The highest BCUT2D eigenvalue weighted by Gasteiger charge is 2.26. The second-order valence-corrected chi connectivity index (χ2v) is 5.28. The second-order valence-electron chi connectivity index (χ2n) is 5.28. The Morgan fingerprint density at radius 3 is 2.48 bits per heavy atom. The molecule has 1 aliphatic rings. The Bertz CT molecular complexity index is 468. The summed E-state index contributed by atoms with van der Waals surface area (Å²) in [5, 5.41) is 8.86. The Morgan fingerprint density at radius 1 is 1.19 bits per heavy atom. The molecule has 0 unspecified atom stereocenters. The molecule has 1 aliphatic heterocycles. The summed E-state index contributed by atoms with van der Waals surface area (Å²) >= 11 is 0. The molecule has 1 amide bonds. The monoisotopic (exact) mass is 291 g/mol. The first-order chi connectivity index (χ1) is 10.2. The average Bonchev–Trinajstić information content (AvgIpc) is 2.52. The zero-order valence-corrected chi connectivity index (χ0v) is 12.0. The van der Waals surface area contributed by atoms with Gasteiger partial charge in [0.15, 0.2) is 0 Å². The molecule has 21 heavy (non-hydrogen) atoms. The Labute approximate surface area is 124 Å². The second kappa shape index (κ2) is 7.78. The van der Waals surface area contributed by atoms with E-state index >= 15 is 0 Å². The molecule has 5 heteroatoms. The molecule has 1 saturated heterocycles. The third kappa shape index (κ3) is 4.86. The van der Waals surface area contributed by atoms with Gasteiger partial charge < -0.3 is 14.7 Å². The first-order valence-electron chi connectivity index (χ1n) is 7.29. The number of nitrogens with zero attached hydrogens (tertiary/aromatic N) is 1. The summed E-state index contributed by atoms with van der Waals surface area (Å²) in [6.45, 7) is 1.92. The van der Waals surface area contributed by atoms with Gasteiger partial charge in [0.1, 0.15) is 0 Å². The number of rotatable bonds is 6. The molecule has 2 rings (SSSR count). The van der Waals surface area contributed by atoms with E-state index in [-0.39, 0.29) is 24.8 Å². The minimum absolute atomic E-state index is 0.0260. The maximum Gasteiger partial charge on any atom is 0.305 e. The van der Waals surface area contributed by atoms with Gasteiger partial charge in [-0.25, -0.2) is 0 Å². The summed E-state index contributed by atoms with van der Waals surface area (Å²) in [5.41, 5.74) is 1.02. The first-order valence-corrected chi connectivity index (χ1v) is 7.29. The van der Waals surface area contributed by atoms with E-state index in [9.17, 15) is 9.59 Å². The van der Waals surface area contributed by atoms with Crippen LogP contribution in [0.1, 0.15) is 24.8 Å². The van der Waals surface area contributed by atoms with Crippen molar-refractivity contribution in [1.82, 2.24) is 4.90 Å². The standard InChI is InChI=1S/C16H21NO4/c18-15(19)6-9-17(12-13-4-2-1-3-5-13)16(20)14-7-10-21-11-8-14/h1-5,14H,6-12H2,(H,18,19). The number of hydrogen-bond acceptors (Lipinski definition) is 3. The molecule has 0 saturated carbocycles. The number of benzene rings is 1. The zero-order valence-electron chi connectivity index (χ0n) is 12.0. The fourth-order valence-electron chi connectivity index (χ4n) is 2.50. The highest BCUT2D eigenvalue weighted by atomic mass is 16.5. The van der Waals surface area contributed by atoms with Gasteiger partial charge in [-0.3, -0.25) is 9.59 Å². The number of amides is 1. The molecule has 5 nitrogen and oxygen atoms in total. The van der Waals surface area contributed by atoms with Gasteiger partial charge in [0.05, 0.1) is 6.42 Å². The lowest BCUT2D eigenvalue weighted by molar-refractivity contribution is -0.141. The Morgan fingerprint density at radius 2 is 1.86 bits per heavy atom. The first kappa shape index (κ1) is 15.5. The van der Waals surface area contributed by atoms with Crippen LogP contribution < -0.4 is 0 Å². The molecule has 1 heterocycles. The van der Waals surface area contributed by atoms with Gasteiger partial charge in [-0.05, 0) is 18.4 Å². The smallest absolute Gasteiger partial charge is 0.305 e. The summed E-state index contributed by atoms with van der Waals surface area (Å²) in [4.78, 5) is 25.1. The predicted octanol–water partition coefficient (Wildman–Crippen LogP) is 1.92. The van der Waals surface area contributed by atoms with Crippen LogP contribution in [-0.2, 0) is 20.9 Å². The normalized spacial score (nSPS) is 15.6. The molecule has 1 N–H and O–H groups in total. The average molecular weight is 291 g/mol. The van der Waals surface area contributed by atoms with Crippen molar-refractivity contribution >= 4 is 11.9 Å². The van der Waals surface area contributed by atoms with Crippen molar-refractivity contribution in [3.8, 4) is 0 Å². The number of carbonyl (C=O) groups excluding carboxylic acids is 1. The molecular weight excluding hydrogens is 270 g/mol. The summed E-state index contributed by atoms with van der Waals surface area (Å²) in [7, 11) is 0. The third-order valence-electron chi connectivity index (χ3n) is 3.69. The van der Waals surface area contributed by atoms with Gasteiger partial charge in [-0.15, -0.1) is 0 Å². The molecule has 0 atom stereocenters. The van der Waals surface area contributed by atoms with Crippen LogP contribution in [0.25, 0.3) is 0 Å². The van der Waals surface area contributed by atoms with Crippen LogP contribution in [0.15, 0.2) is 30.3 Å². The Kier molecular flexibility index (Phi) is 5.75. The number of hydrogen-bond donors (Lipinski definition) is 1. The van der Waals surface area contributed by atoms with E-state index in [1.165, 1.54) is 0 Å². The molecule has 0 aliphatic carbocycles. The van der Waals surface area contributed by atoms with Gasteiger partial charge in [-0.1, -0.05) is 30.3 Å². The minimum atomic E-state index is -0.882. The van der Waals surface area contributed by atoms with Gasteiger partial charge in [0, 0.05) is 32.2 Å². The summed E-state index contributed by atoms with van der Waals surface area (Å²) < 4.78 is 5.28. The molecule has 114 valence electrons. The molecule has 0 radical (unpaired) electrons. The van der Waals surface area contributed by atoms with Crippen molar-refractivity contribution in [2.24, 2.45) is 5.92 Å². The maximum atomic E-state index is 12.6. The van der Waals surface area contributed by atoms with Gasteiger partial charge in [-0.2, -0.15) is 0 Å². The third-order valence-corrected chi connectivity index (χ3v) is 3.69. The van der Waals surface area contributed by atoms with Gasteiger partial charge in [0.25, 0.3) is 0 Å². The number of aliphatic carboxylic acids is 1. The number of ether oxygens (including phenoxy) is 1. The zero-order chi connectivity index (χ0) is 15.1. The van der Waals surface area contributed by atoms with Crippen molar-refractivity contribution in [2.75, 3.05) is 19.8 Å².